The van der Waals surface area contributed by atoms with Gasteiger partial charge in [-0.1, -0.05) is 50.6 Å². The van der Waals surface area contributed by atoms with E-state index in [1.54, 1.807) is 18.2 Å². The van der Waals surface area contributed by atoms with Crippen LogP contribution in [0.5, 0.6) is 11.6 Å². The van der Waals surface area contributed by atoms with Crippen molar-refractivity contribution in [3.63, 3.8) is 0 Å². The fourth-order valence-electron chi connectivity index (χ4n) is 7.18. The number of carbonyl (C=O) groups excluding carboxylic acids is 3. The summed E-state index contributed by atoms with van der Waals surface area (Å²) in [4.78, 5) is 47.5. The number of aromatic nitrogens is 1. The molecule has 46 heavy (non-hydrogen) atoms. The van der Waals surface area contributed by atoms with E-state index in [1.165, 1.54) is 0 Å². The number of ether oxygens (including phenoxy) is 2. The molecule has 248 valence electrons. The molecule has 1 saturated heterocycles. The van der Waals surface area contributed by atoms with Crippen molar-refractivity contribution >= 4 is 38.5 Å². The van der Waals surface area contributed by atoms with Gasteiger partial charge in [0.1, 0.15) is 23.4 Å². The summed E-state index contributed by atoms with van der Waals surface area (Å²) >= 11 is 0. The van der Waals surface area contributed by atoms with Crippen LogP contribution in [0.3, 0.4) is 0 Å². The van der Waals surface area contributed by atoms with E-state index in [4.69, 9.17) is 9.47 Å². The van der Waals surface area contributed by atoms with E-state index in [1.807, 2.05) is 36.4 Å². The third-order valence-electron chi connectivity index (χ3n) is 10.1. The second kappa shape index (κ2) is 12.8. The number of sulfonamides is 1. The van der Waals surface area contributed by atoms with Gasteiger partial charge in [-0.25, -0.2) is 13.4 Å². The smallest absolute Gasteiger partial charge is 0.259 e. The van der Waals surface area contributed by atoms with Crippen molar-refractivity contribution in [1.82, 2.24) is 19.9 Å². The molecular formula is C34H44N4O7S. The molecule has 0 radical (unpaired) electrons. The van der Waals surface area contributed by atoms with Crippen molar-refractivity contribution in [3.05, 3.63) is 42.6 Å². The summed E-state index contributed by atoms with van der Waals surface area (Å²) < 4.78 is 39.9. The average Bonchev–Trinajstić information content (AvgIpc) is 3.50. The molecule has 12 heteroatoms. The number of pyridine rings is 1. The highest BCUT2D eigenvalue weighted by Gasteiger charge is 2.62. The molecular weight excluding hydrogens is 608 g/mol. The summed E-state index contributed by atoms with van der Waals surface area (Å²) in [6.07, 6.45) is 10.2. The van der Waals surface area contributed by atoms with Gasteiger partial charge in [0.05, 0.1) is 25.1 Å². The van der Waals surface area contributed by atoms with Gasteiger partial charge in [0.15, 0.2) is 0 Å². The number of allylic oxidation sites excluding steroid dienone is 1. The summed E-state index contributed by atoms with van der Waals surface area (Å²) in [6, 6.07) is 6.68. The summed E-state index contributed by atoms with van der Waals surface area (Å²) in [5.74, 6) is -0.211. The minimum atomic E-state index is -3.85. The van der Waals surface area contributed by atoms with E-state index in [0.717, 1.165) is 36.5 Å². The van der Waals surface area contributed by atoms with Crippen molar-refractivity contribution in [3.8, 4) is 11.6 Å². The summed E-state index contributed by atoms with van der Waals surface area (Å²) in [5, 5.41) is 3.92. The van der Waals surface area contributed by atoms with Crippen LogP contribution in [0, 0.1) is 17.8 Å². The summed E-state index contributed by atoms with van der Waals surface area (Å²) in [6.45, 7) is 4.42. The van der Waals surface area contributed by atoms with Crippen molar-refractivity contribution < 1.29 is 32.3 Å². The normalized spacial score (nSPS) is 30.7. The standard InChI is InChI=1S/C34H44N4O7S/c1-21-9-4-5-10-23-18-34(23,33(41)37-46(42,43)25-11-8-12-25)36-31(40)28-17-24(20-38(28)30(39)16-22(2)15-21)45-32-27-14-7-6-13-26(27)29(44-3)19-35-32/h5-7,10,13-14,19,21-25,28H,4,8-9,11-12,15-18,20H2,1-3H3,(H,36,40)(H,37,41). The molecule has 3 amide bonds. The molecule has 11 nitrogen and oxygen atoms in total. The first kappa shape index (κ1) is 32.3. The Kier molecular flexibility index (Phi) is 9.02. The molecule has 2 aromatic rings. The van der Waals surface area contributed by atoms with Crippen LogP contribution in [-0.2, 0) is 24.4 Å². The summed E-state index contributed by atoms with van der Waals surface area (Å²) in [7, 11) is -2.27. The third-order valence-corrected chi connectivity index (χ3v) is 11.9. The lowest BCUT2D eigenvalue weighted by atomic mass is 9.91. The Morgan fingerprint density at radius 1 is 1.09 bits per heavy atom. The number of benzene rings is 1. The van der Waals surface area contributed by atoms with Crippen LogP contribution in [-0.4, -0.2) is 72.6 Å². The zero-order chi connectivity index (χ0) is 32.6. The number of carbonyl (C=O) groups is 3. The van der Waals surface area contributed by atoms with E-state index in [0.29, 0.717) is 30.4 Å². The van der Waals surface area contributed by atoms with Crippen LogP contribution >= 0.6 is 0 Å². The van der Waals surface area contributed by atoms with Gasteiger partial charge in [-0.3, -0.25) is 19.1 Å². The van der Waals surface area contributed by atoms with Gasteiger partial charge in [0.25, 0.3) is 5.91 Å². The lowest BCUT2D eigenvalue weighted by molar-refractivity contribution is -0.140. The molecule has 3 fully saturated rings. The third kappa shape index (κ3) is 6.45. The van der Waals surface area contributed by atoms with Crippen molar-refractivity contribution in [2.45, 2.75) is 94.6 Å². The molecule has 1 aromatic carbocycles. The zero-order valence-corrected chi connectivity index (χ0v) is 27.6. The Morgan fingerprint density at radius 2 is 1.85 bits per heavy atom. The fraction of sp³-hybridized carbons (Fsp3) is 0.588. The van der Waals surface area contributed by atoms with Gasteiger partial charge in [0.2, 0.25) is 27.7 Å². The number of nitrogens with one attached hydrogen (secondary N) is 2. The van der Waals surface area contributed by atoms with Crippen LogP contribution < -0.4 is 19.5 Å². The van der Waals surface area contributed by atoms with Gasteiger partial charge < -0.3 is 19.7 Å². The van der Waals surface area contributed by atoms with Crippen LogP contribution in [0.2, 0.25) is 0 Å². The first-order valence-corrected chi connectivity index (χ1v) is 18.0. The van der Waals surface area contributed by atoms with Gasteiger partial charge in [-0.05, 0) is 56.4 Å². The number of rotatable bonds is 6. The van der Waals surface area contributed by atoms with Crippen molar-refractivity contribution in [1.29, 1.82) is 0 Å². The summed E-state index contributed by atoms with van der Waals surface area (Å²) in [5.41, 5.74) is -1.40. The molecule has 1 aromatic heterocycles. The van der Waals surface area contributed by atoms with E-state index in [-0.39, 0.29) is 43.6 Å². The average molecular weight is 653 g/mol. The molecule has 2 aliphatic carbocycles. The first-order valence-electron chi connectivity index (χ1n) is 16.4. The number of amides is 3. The van der Waals surface area contributed by atoms with Crippen molar-refractivity contribution in [2.75, 3.05) is 13.7 Å². The molecule has 6 atom stereocenters. The monoisotopic (exact) mass is 652 g/mol. The van der Waals surface area contributed by atoms with Crippen LogP contribution in [0.15, 0.2) is 42.6 Å². The fourth-order valence-corrected chi connectivity index (χ4v) is 8.74. The van der Waals surface area contributed by atoms with Gasteiger partial charge >= 0.3 is 0 Å². The largest absolute Gasteiger partial charge is 0.494 e. The first-order chi connectivity index (χ1) is 22.0. The molecule has 2 saturated carbocycles. The second-order valence-corrected chi connectivity index (χ2v) is 15.6. The van der Waals surface area contributed by atoms with E-state index < -0.39 is 44.8 Å². The van der Waals surface area contributed by atoms with Crippen LogP contribution in [0.4, 0.5) is 0 Å². The molecule has 0 bridgehead atoms. The van der Waals surface area contributed by atoms with E-state index in [2.05, 4.69) is 28.9 Å². The Hall–Kier alpha value is -3.67. The molecule has 6 rings (SSSR count). The number of hydrogen-bond acceptors (Lipinski definition) is 8. The molecule has 0 spiro atoms. The molecule has 4 aliphatic rings. The highest BCUT2D eigenvalue weighted by Crippen LogP contribution is 2.46. The number of fused-ring (bicyclic) bond motifs is 3. The topological polar surface area (TPSA) is 144 Å². The van der Waals surface area contributed by atoms with Gasteiger partial charge in [0, 0.05) is 29.5 Å². The molecule has 2 N–H and O–H groups in total. The second-order valence-electron chi connectivity index (χ2n) is 13.7. The predicted molar refractivity (Wildman–Crippen MR) is 172 cm³/mol. The minimum absolute atomic E-state index is 0.120. The number of methoxy groups -OCH3 is 1. The Morgan fingerprint density at radius 3 is 2.57 bits per heavy atom. The van der Waals surface area contributed by atoms with Gasteiger partial charge in [-0.2, -0.15) is 0 Å². The minimum Gasteiger partial charge on any atom is -0.494 e. The molecule has 3 heterocycles. The maximum Gasteiger partial charge on any atom is 0.259 e. The van der Waals surface area contributed by atoms with Crippen molar-refractivity contribution in [2.24, 2.45) is 17.8 Å². The Labute approximate surface area is 270 Å². The van der Waals surface area contributed by atoms with Gasteiger partial charge in [-0.15, -0.1) is 0 Å². The lowest BCUT2D eigenvalue weighted by Crippen LogP contribution is -2.57. The number of hydrogen-bond donors (Lipinski definition) is 2. The highest BCUT2D eigenvalue weighted by atomic mass is 32.2. The lowest BCUT2D eigenvalue weighted by Gasteiger charge is -2.29. The molecule has 2 aliphatic heterocycles. The highest BCUT2D eigenvalue weighted by molar-refractivity contribution is 7.90. The van der Waals surface area contributed by atoms with E-state index >= 15 is 0 Å². The zero-order valence-electron chi connectivity index (χ0n) is 26.7. The predicted octanol–water partition coefficient (Wildman–Crippen LogP) is 3.87. The maximum absolute atomic E-state index is 14.1. The van der Waals surface area contributed by atoms with Crippen LogP contribution in [0.25, 0.3) is 10.8 Å². The number of nitrogens with zero attached hydrogens (tertiary/aromatic N) is 2. The van der Waals surface area contributed by atoms with E-state index in [9.17, 15) is 22.8 Å². The molecule has 6 unspecified atom stereocenters. The Bertz CT molecular complexity index is 1640. The van der Waals surface area contributed by atoms with Crippen LogP contribution in [0.1, 0.15) is 71.6 Å². The SMILES string of the molecule is COc1cnc(OC2CC3C(=O)NC4(C(=O)NS(=O)(=O)C5CCC5)CC4C=CCCC(C)CC(C)CC(=O)N3C2)c2ccccc12. The maximum atomic E-state index is 14.1. The quantitative estimate of drug-likeness (QED) is 0.448. The Balaban J connectivity index is 1.28.